The Hall–Kier alpha value is -3.93. The van der Waals surface area contributed by atoms with Gasteiger partial charge >= 0.3 is 0 Å². The van der Waals surface area contributed by atoms with Crippen LogP contribution in [0.4, 0.5) is 0 Å². The smallest absolute Gasteiger partial charge is 0.269 e. The second-order valence-electron chi connectivity index (χ2n) is 9.54. The maximum Gasteiger partial charge on any atom is 0.269 e. The lowest BCUT2D eigenvalue weighted by Crippen LogP contribution is -2.29. The third kappa shape index (κ3) is 4.10. The molecule has 3 aromatic heterocycles. The van der Waals surface area contributed by atoms with Gasteiger partial charge in [-0.25, -0.2) is 22.4 Å². The summed E-state index contributed by atoms with van der Waals surface area (Å²) in [4.78, 5) is 9.34. The van der Waals surface area contributed by atoms with Gasteiger partial charge in [-0.2, -0.15) is 0 Å². The van der Waals surface area contributed by atoms with Crippen LogP contribution >= 0.6 is 0 Å². The first-order chi connectivity index (χ1) is 17.9. The van der Waals surface area contributed by atoms with Crippen LogP contribution in [0.3, 0.4) is 0 Å². The van der Waals surface area contributed by atoms with Crippen molar-refractivity contribution in [2.75, 3.05) is 0 Å². The molecule has 1 aliphatic rings. The molecule has 5 aromatic rings. The van der Waals surface area contributed by atoms with E-state index in [0.29, 0.717) is 23.9 Å². The zero-order valence-electron chi connectivity index (χ0n) is 20.4. The van der Waals surface area contributed by atoms with E-state index in [1.54, 1.807) is 48.8 Å². The van der Waals surface area contributed by atoms with Crippen molar-refractivity contribution in [2.45, 2.75) is 49.5 Å². The molecule has 0 amide bonds. The highest BCUT2D eigenvalue weighted by Crippen LogP contribution is 2.30. The molecule has 1 aliphatic carbocycles. The summed E-state index contributed by atoms with van der Waals surface area (Å²) < 4.78 is 29.9. The zero-order chi connectivity index (χ0) is 25.6. The molecule has 3 heterocycles. The number of fused-ring (bicyclic) bond motifs is 2. The Morgan fingerprint density at radius 2 is 1.78 bits per heavy atom. The summed E-state index contributed by atoms with van der Waals surface area (Å²) in [5, 5.41) is 11.5. The van der Waals surface area contributed by atoms with E-state index >= 15 is 0 Å². The molecular weight excluding hydrogens is 484 g/mol. The van der Waals surface area contributed by atoms with E-state index in [0.717, 1.165) is 47.4 Å². The Morgan fingerprint density at radius 3 is 2.57 bits per heavy atom. The lowest BCUT2D eigenvalue weighted by molar-refractivity contribution is 0.0610. The van der Waals surface area contributed by atoms with Crippen LogP contribution in [0.5, 0.6) is 0 Å². The lowest BCUT2D eigenvalue weighted by atomic mass is 9.85. The number of nitrogens with zero attached hydrogens (tertiary/aromatic N) is 4. The molecule has 0 bridgehead atoms. The first-order valence-electron chi connectivity index (χ1n) is 12.4. The van der Waals surface area contributed by atoms with Crippen molar-refractivity contribution in [1.29, 1.82) is 0 Å². The van der Waals surface area contributed by atoms with Crippen LogP contribution in [0, 0.1) is 18.8 Å². The second kappa shape index (κ2) is 8.87. The van der Waals surface area contributed by atoms with E-state index in [2.05, 4.69) is 16.8 Å². The molecule has 0 unspecified atom stereocenters. The molecule has 186 valence electrons. The van der Waals surface area contributed by atoms with Crippen molar-refractivity contribution in [3.8, 4) is 17.5 Å². The van der Waals surface area contributed by atoms with Gasteiger partial charge in [-0.15, -0.1) is 0 Å². The molecule has 37 heavy (non-hydrogen) atoms. The fourth-order valence-corrected chi connectivity index (χ4v) is 6.45. The summed E-state index contributed by atoms with van der Waals surface area (Å²) in [6.45, 7) is 1.92. The Morgan fingerprint density at radius 1 is 1.00 bits per heavy atom. The molecule has 6 rings (SSSR count). The summed E-state index contributed by atoms with van der Waals surface area (Å²) in [5.74, 6) is 7.04. The van der Waals surface area contributed by atoms with Gasteiger partial charge in [0.15, 0.2) is 5.65 Å². The number of aliphatic hydroxyl groups is 1. The zero-order valence-corrected chi connectivity index (χ0v) is 21.2. The fourth-order valence-electron chi connectivity index (χ4n) is 5.12. The van der Waals surface area contributed by atoms with Gasteiger partial charge in [-0.3, -0.25) is 4.57 Å². The first-order valence-corrected chi connectivity index (χ1v) is 13.8. The highest BCUT2D eigenvalue weighted by atomic mass is 32.2. The average molecular weight is 511 g/mol. The molecular formula is C29H26N4O3S. The molecule has 1 saturated carbocycles. The van der Waals surface area contributed by atoms with Crippen molar-refractivity contribution in [2.24, 2.45) is 0 Å². The van der Waals surface area contributed by atoms with Crippen molar-refractivity contribution < 1.29 is 13.5 Å². The Labute approximate surface area is 215 Å². The van der Waals surface area contributed by atoms with E-state index < -0.39 is 15.6 Å². The minimum atomic E-state index is -3.80. The maximum atomic E-state index is 13.3. The fraction of sp³-hybridized carbons (Fsp3) is 0.241. The molecule has 1 fully saturated rings. The molecule has 0 atom stereocenters. The summed E-state index contributed by atoms with van der Waals surface area (Å²) in [5.41, 5.74) is 2.66. The third-order valence-corrected chi connectivity index (χ3v) is 8.70. The highest BCUT2D eigenvalue weighted by molar-refractivity contribution is 7.90. The van der Waals surface area contributed by atoms with Crippen LogP contribution in [0.15, 0.2) is 78.0 Å². The van der Waals surface area contributed by atoms with Crippen LogP contribution in [-0.4, -0.2) is 37.6 Å². The number of hydrogen-bond donors (Lipinski definition) is 1. The monoisotopic (exact) mass is 510 g/mol. The summed E-state index contributed by atoms with van der Waals surface area (Å²) in [6, 6.07) is 17.8. The molecule has 7 nitrogen and oxygen atoms in total. The van der Waals surface area contributed by atoms with E-state index in [9.17, 15) is 13.5 Å². The van der Waals surface area contributed by atoms with Crippen LogP contribution < -0.4 is 0 Å². The molecule has 0 radical (unpaired) electrons. The van der Waals surface area contributed by atoms with Crippen LogP contribution in [0.2, 0.25) is 0 Å². The molecule has 0 spiro atoms. The lowest BCUT2D eigenvalue weighted by Gasteiger charge is -2.26. The maximum absolute atomic E-state index is 13.3. The van der Waals surface area contributed by atoms with Crippen molar-refractivity contribution in [3.05, 3.63) is 84.4 Å². The van der Waals surface area contributed by atoms with Crippen molar-refractivity contribution >= 4 is 32.1 Å². The topological polar surface area (TPSA) is 90.0 Å². The SMILES string of the molecule is Cc1nc2ccc(C#CC3(O)CCCCC3)cc2n1-c1ccnc2c1ccn2S(=O)(=O)c1ccccc1. The minimum absolute atomic E-state index is 0.201. The Balaban J connectivity index is 1.47. The van der Waals surface area contributed by atoms with Crippen LogP contribution in [0.25, 0.3) is 27.8 Å². The van der Waals surface area contributed by atoms with Crippen LogP contribution in [0.1, 0.15) is 43.5 Å². The van der Waals surface area contributed by atoms with E-state index in [4.69, 9.17) is 4.98 Å². The van der Waals surface area contributed by atoms with E-state index in [1.165, 1.54) is 3.97 Å². The molecule has 2 aromatic carbocycles. The van der Waals surface area contributed by atoms with Crippen LogP contribution in [-0.2, 0) is 10.0 Å². The minimum Gasteiger partial charge on any atom is -0.378 e. The second-order valence-corrected chi connectivity index (χ2v) is 11.4. The largest absolute Gasteiger partial charge is 0.378 e. The van der Waals surface area contributed by atoms with Gasteiger partial charge in [0.2, 0.25) is 0 Å². The van der Waals surface area contributed by atoms with Crippen molar-refractivity contribution in [3.63, 3.8) is 0 Å². The Bertz CT molecular complexity index is 1800. The van der Waals surface area contributed by atoms with Gasteiger partial charge < -0.3 is 5.11 Å². The number of aromatic nitrogens is 4. The number of hydrogen-bond acceptors (Lipinski definition) is 5. The highest BCUT2D eigenvalue weighted by Gasteiger charge is 2.26. The van der Waals surface area contributed by atoms with Gasteiger partial charge in [0, 0.05) is 23.3 Å². The number of imidazole rings is 1. The summed E-state index contributed by atoms with van der Waals surface area (Å²) in [6.07, 6.45) is 7.70. The van der Waals surface area contributed by atoms with Gasteiger partial charge in [0.25, 0.3) is 10.0 Å². The van der Waals surface area contributed by atoms with Gasteiger partial charge in [-0.1, -0.05) is 36.5 Å². The predicted molar refractivity (Wildman–Crippen MR) is 143 cm³/mol. The summed E-state index contributed by atoms with van der Waals surface area (Å²) >= 11 is 0. The number of aryl methyl sites for hydroxylation is 1. The molecule has 8 heteroatoms. The Kier molecular flexibility index (Phi) is 5.63. The average Bonchev–Trinajstić information content (AvgIpc) is 3.49. The standard InChI is InChI=1S/C29H26N4O3S/c1-21-31-25-11-10-22(12-17-29(34)15-6-3-7-16-29)20-27(25)33(21)26-13-18-30-28-24(26)14-19-32(28)37(35,36)23-8-4-2-5-9-23/h2,4-5,8-11,13-14,18-20,34H,3,6-7,15-16H2,1H3. The predicted octanol–water partition coefficient (Wildman–Crippen LogP) is 4.97. The van der Waals surface area contributed by atoms with Gasteiger partial charge in [0.1, 0.15) is 11.4 Å². The third-order valence-electron chi connectivity index (χ3n) is 7.01. The molecule has 0 saturated heterocycles. The van der Waals surface area contributed by atoms with Gasteiger partial charge in [0.05, 0.1) is 21.6 Å². The van der Waals surface area contributed by atoms with Gasteiger partial charge in [-0.05, 0) is 75.1 Å². The van der Waals surface area contributed by atoms with E-state index in [-0.39, 0.29) is 4.90 Å². The quantitative estimate of drug-likeness (QED) is 0.346. The number of benzene rings is 2. The molecule has 1 N–H and O–H groups in total. The summed E-state index contributed by atoms with van der Waals surface area (Å²) in [7, 11) is -3.80. The molecule has 0 aliphatic heterocycles. The number of pyridine rings is 1. The van der Waals surface area contributed by atoms with Crippen molar-refractivity contribution in [1.82, 2.24) is 18.5 Å². The number of rotatable bonds is 3. The van der Waals surface area contributed by atoms with E-state index in [1.807, 2.05) is 35.8 Å². The first kappa shape index (κ1) is 23.5. The normalized spacial score (nSPS) is 15.5.